The lowest BCUT2D eigenvalue weighted by Gasteiger charge is -2.18. The zero-order valence-electron chi connectivity index (χ0n) is 11.9. The molecule has 0 unspecified atom stereocenters. The maximum absolute atomic E-state index is 4.46. The van der Waals surface area contributed by atoms with Gasteiger partial charge in [0.15, 0.2) is 0 Å². The predicted octanol–water partition coefficient (Wildman–Crippen LogP) is 4.43. The van der Waals surface area contributed by atoms with Crippen LogP contribution in [0.1, 0.15) is 46.1 Å². The van der Waals surface area contributed by atoms with E-state index in [1.54, 1.807) is 0 Å². The normalized spacial score (nSPS) is 12.1. The van der Waals surface area contributed by atoms with Gasteiger partial charge in [-0.3, -0.25) is 4.68 Å². The molecule has 18 heavy (non-hydrogen) atoms. The first-order valence-corrected chi connectivity index (χ1v) is 6.53. The average molecular weight is 242 g/mol. The molecule has 1 heterocycles. The molecule has 2 rings (SSSR count). The van der Waals surface area contributed by atoms with E-state index in [2.05, 4.69) is 70.2 Å². The monoisotopic (exact) mass is 242 g/mol. The van der Waals surface area contributed by atoms with E-state index in [-0.39, 0.29) is 5.54 Å². The topological polar surface area (TPSA) is 17.8 Å². The Morgan fingerprint density at radius 2 is 1.83 bits per heavy atom. The molecule has 0 amide bonds. The van der Waals surface area contributed by atoms with Crippen molar-refractivity contribution in [2.45, 2.75) is 46.1 Å². The summed E-state index contributed by atoms with van der Waals surface area (Å²) < 4.78 is 2.02. The van der Waals surface area contributed by atoms with Crippen LogP contribution in [0.3, 0.4) is 0 Å². The highest BCUT2D eigenvalue weighted by Crippen LogP contribution is 2.25. The van der Waals surface area contributed by atoms with Gasteiger partial charge in [0.2, 0.25) is 0 Å². The molecule has 2 aromatic rings. The van der Waals surface area contributed by atoms with Gasteiger partial charge in [-0.05, 0) is 37.8 Å². The summed E-state index contributed by atoms with van der Waals surface area (Å²) in [5, 5.41) is 4.46. The minimum absolute atomic E-state index is 0.0356. The van der Waals surface area contributed by atoms with E-state index in [0.29, 0.717) is 5.92 Å². The first kappa shape index (κ1) is 12.9. The SMILES string of the molecule is CC(C)c1cccc(-c2cnn(C(C)(C)C)c2)c1. The van der Waals surface area contributed by atoms with Crippen LogP contribution in [-0.4, -0.2) is 9.78 Å². The fourth-order valence-electron chi connectivity index (χ4n) is 1.92. The van der Waals surface area contributed by atoms with Gasteiger partial charge in [-0.1, -0.05) is 38.1 Å². The lowest BCUT2D eigenvalue weighted by atomic mass is 9.99. The number of rotatable bonds is 2. The third-order valence-electron chi connectivity index (χ3n) is 3.16. The number of benzene rings is 1. The van der Waals surface area contributed by atoms with Crippen LogP contribution >= 0.6 is 0 Å². The van der Waals surface area contributed by atoms with E-state index < -0.39 is 0 Å². The largest absolute Gasteiger partial charge is 0.267 e. The fourth-order valence-corrected chi connectivity index (χ4v) is 1.92. The Balaban J connectivity index is 2.37. The Labute approximate surface area is 110 Å². The van der Waals surface area contributed by atoms with Crippen molar-refractivity contribution >= 4 is 0 Å². The highest BCUT2D eigenvalue weighted by Gasteiger charge is 2.14. The van der Waals surface area contributed by atoms with E-state index in [1.165, 1.54) is 16.7 Å². The van der Waals surface area contributed by atoms with Crippen LogP contribution in [0.2, 0.25) is 0 Å². The standard InChI is InChI=1S/C16H22N2/c1-12(2)13-7-6-8-14(9-13)15-10-17-18(11-15)16(3,4)5/h6-12H,1-5H3. The zero-order chi connectivity index (χ0) is 13.3. The van der Waals surface area contributed by atoms with Crippen molar-refractivity contribution in [2.24, 2.45) is 0 Å². The van der Waals surface area contributed by atoms with Gasteiger partial charge in [0.25, 0.3) is 0 Å². The number of hydrogen-bond donors (Lipinski definition) is 0. The van der Waals surface area contributed by atoms with E-state index in [0.717, 1.165) is 0 Å². The Bertz CT molecular complexity index is 530. The van der Waals surface area contributed by atoms with Crippen LogP contribution in [-0.2, 0) is 5.54 Å². The third-order valence-corrected chi connectivity index (χ3v) is 3.16. The molecule has 2 heteroatoms. The minimum Gasteiger partial charge on any atom is -0.267 e. The van der Waals surface area contributed by atoms with E-state index in [4.69, 9.17) is 0 Å². The molecule has 0 aliphatic heterocycles. The summed E-state index contributed by atoms with van der Waals surface area (Å²) in [6, 6.07) is 8.71. The van der Waals surface area contributed by atoms with Gasteiger partial charge >= 0.3 is 0 Å². The van der Waals surface area contributed by atoms with Crippen LogP contribution < -0.4 is 0 Å². The maximum Gasteiger partial charge on any atom is 0.0568 e. The summed E-state index contributed by atoms with van der Waals surface area (Å²) in [6.07, 6.45) is 4.07. The van der Waals surface area contributed by atoms with Crippen LogP contribution in [0.4, 0.5) is 0 Å². The summed E-state index contributed by atoms with van der Waals surface area (Å²) in [4.78, 5) is 0. The summed E-state index contributed by atoms with van der Waals surface area (Å²) >= 11 is 0. The van der Waals surface area contributed by atoms with Gasteiger partial charge in [0.05, 0.1) is 11.7 Å². The third kappa shape index (κ3) is 2.63. The Morgan fingerprint density at radius 1 is 1.11 bits per heavy atom. The van der Waals surface area contributed by atoms with Gasteiger partial charge in [-0.15, -0.1) is 0 Å². The predicted molar refractivity (Wildman–Crippen MR) is 76.7 cm³/mol. The molecule has 0 atom stereocenters. The lowest BCUT2D eigenvalue weighted by molar-refractivity contribution is 0.355. The van der Waals surface area contributed by atoms with E-state index in [1.807, 2.05) is 10.9 Å². The second-order valence-electron chi connectivity index (χ2n) is 6.12. The molecule has 96 valence electrons. The molecule has 0 aliphatic rings. The van der Waals surface area contributed by atoms with Gasteiger partial charge in [-0.2, -0.15) is 5.10 Å². The molecule has 0 spiro atoms. The van der Waals surface area contributed by atoms with Gasteiger partial charge in [0, 0.05) is 11.8 Å². The van der Waals surface area contributed by atoms with Crippen molar-refractivity contribution in [1.82, 2.24) is 9.78 Å². The van der Waals surface area contributed by atoms with E-state index >= 15 is 0 Å². The average Bonchev–Trinajstić information content (AvgIpc) is 2.78. The van der Waals surface area contributed by atoms with Crippen LogP contribution in [0.5, 0.6) is 0 Å². The summed E-state index contributed by atoms with van der Waals surface area (Å²) in [5.41, 5.74) is 3.84. The smallest absolute Gasteiger partial charge is 0.0568 e. The summed E-state index contributed by atoms with van der Waals surface area (Å²) in [6.45, 7) is 10.9. The van der Waals surface area contributed by atoms with Crippen LogP contribution in [0.15, 0.2) is 36.7 Å². The molecular formula is C16H22N2. The zero-order valence-corrected chi connectivity index (χ0v) is 11.9. The first-order valence-electron chi connectivity index (χ1n) is 6.53. The number of hydrogen-bond acceptors (Lipinski definition) is 1. The minimum atomic E-state index is 0.0356. The van der Waals surface area contributed by atoms with Crippen molar-refractivity contribution in [2.75, 3.05) is 0 Å². The van der Waals surface area contributed by atoms with E-state index in [9.17, 15) is 0 Å². The van der Waals surface area contributed by atoms with Gasteiger partial charge in [-0.25, -0.2) is 0 Å². The lowest BCUT2D eigenvalue weighted by Crippen LogP contribution is -2.21. The van der Waals surface area contributed by atoms with Crippen molar-refractivity contribution in [1.29, 1.82) is 0 Å². The quantitative estimate of drug-likeness (QED) is 0.761. The summed E-state index contributed by atoms with van der Waals surface area (Å²) in [7, 11) is 0. The Hall–Kier alpha value is -1.57. The fraction of sp³-hybridized carbons (Fsp3) is 0.438. The molecule has 0 radical (unpaired) electrons. The van der Waals surface area contributed by atoms with Crippen molar-refractivity contribution in [3.63, 3.8) is 0 Å². The Kier molecular flexibility index (Phi) is 3.29. The summed E-state index contributed by atoms with van der Waals surface area (Å²) in [5.74, 6) is 0.558. The van der Waals surface area contributed by atoms with Crippen LogP contribution in [0, 0.1) is 0 Å². The van der Waals surface area contributed by atoms with Crippen molar-refractivity contribution in [3.05, 3.63) is 42.2 Å². The highest BCUT2D eigenvalue weighted by atomic mass is 15.3. The molecule has 0 N–H and O–H groups in total. The second kappa shape index (κ2) is 4.60. The first-order chi connectivity index (χ1) is 8.38. The molecule has 1 aromatic heterocycles. The second-order valence-corrected chi connectivity index (χ2v) is 6.12. The number of aromatic nitrogens is 2. The molecule has 0 fully saturated rings. The van der Waals surface area contributed by atoms with Gasteiger partial charge in [0.1, 0.15) is 0 Å². The van der Waals surface area contributed by atoms with Gasteiger partial charge < -0.3 is 0 Å². The molecule has 0 saturated heterocycles. The maximum atomic E-state index is 4.46. The highest BCUT2D eigenvalue weighted by molar-refractivity contribution is 5.62. The number of nitrogens with zero attached hydrogens (tertiary/aromatic N) is 2. The van der Waals surface area contributed by atoms with Crippen LogP contribution in [0.25, 0.3) is 11.1 Å². The molecule has 0 saturated carbocycles. The van der Waals surface area contributed by atoms with Crippen molar-refractivity contribution < 1.29 is 0 Å². The molecule has 0 aliphatic carbocycles. The molecule has 0 bridgehead atoms. The molecular weight excluding hydrogens is 220 g/mol. The molecule has 1 aromatic carbocycles. The van der Waals surface area contributed by atoms with Crippen molar-refractivity contribution in [3.8, 4) is 11.1 Å². The molecule has 2 nitrogen and oxygen atoms in total. The Morgan fingerprint density at radius 3 is 2.39 bits per heavy atom.